The van der Waals surface area contributed by atoms with Gasteiger partial charge in [-0.2, -0.15) is 9.78 Å². The largest absolute Gasteiger partial charge is 0.496 e. The van der Waals surface area contributed by atoms with Gasteiger partial charge < -0.3 is 14.2 Å². The zero-order valence-electron chi connectivity index (χ0n) is 23.8. The van der Waals surface area contributed by atoms with Gasteiger partial charge in [0.25, 0.3) is 5.56 Å². The van der Waals surface area contributed by atoms with Crippen LogP contribution in [0, 0.1) is 6.92 Å². The van der Waals surface area contributed by atoms with E-state index >= 15 is 0 Å². The van der Waals surface area contributed by atoms with Crippen molar-refractivity contribution in [2.45, 2.75) is 60.0 Å². The van der Waals surface area contributed by atoms with Crippen molar-refractivity contribution in [1.82, 2.24) is 9.66 Å². The summed E-state index contributed by atoms with van der Waals surface area (Å²) < 4.78 is 18.9. The average Bonchev–Trinajstić information content (AvgIpc) is 2.93. The Morgan fingerprint density at radius 1 is 1.00 bits per heavy atom. The van der Waals surface area contributed by atoms with Crippen LogP contribution in [0.1, 0.15) is 63.6 Å². The number of nitrogens with zero attached hydrogens (tertiary/aromatic N) is 3. The number of hydrogen-bond acceptors (Lipinski definition) is 6. The summed E-state index contributed by atoms with van der Waals surface area (Å²) in [6.45, 7) is 12.8. The fraction of sp³-hybridized carbons (Fsp3) is 0.344. The highest BCUT2D eigenvalue weighted by atomic mass is 16.5. The Labute approximate surface area is 230 Å². The second kappa shape index (κ2) is 12.2. The molecule has 0 aliphatic rings. The molecule has 39 heavy (non-hydrogen) atoms. The van der Waals surface area contributed by atoms with E-state index in [-0.39, 0.29) is 17.6 Å². The minimum Gasteiger partial charge on any atom is -0.496 e. The molecule has 7 heteroatoms. The van der Waals surface area contributed by atoms with E-state index in [0.717, 1.165) is 34.4 Å². The van der Waals surface area contributed by atoms with E-state index in [1.807, 2.05) is 63.2 Å². The topological polar surface area (TPSA) is 74.9 Å². The van der Waals surface area contributed by atoms with E-state index in [2.05, 4.69) is 31.9 Å². The smallest absolute Gasteiger partial charge is 0.282 e. The van der Waals surface area contributed by atoms with Gasteiger partial charge in [-0.3, -0.25) is 4.79 Å². The number of hydrogen-bond donors (Lipinski definition) is 0. The monoisotopic (exact) mass is 527 g/mol. The molecule has 0 saturated heterocycles. The third-order valence-electron chi connectivity index (χ3n) is 6.69. The van der Waals surface area contributed by atoms with Crippen molar-refractivity contribution in [2.24, 2.45) is 5.10 Å². The maximum Gasteiger partial charge on any atom is 0.282 e. The molecule has 0 spiro atoms. The van der Waals surface area contributed by atoms with Gasteiger partial charge in [0.05, 0.1) is 36.9 Å². The Hall–Kier alpha value is -4.13. The molecule has 1 aromatic heterocycles. The maximum atomic E-state index is 13.7. The minimum atomic E-state index is -0.241. The molecule has 0 saturated carbocycles. The first kappa shape index (κ1) is 27.9. The number of para-hydroxylation sites is 1. The molecule has 4 rings (SSSR count). The van der Waals surface area contributed by atoms with E-state index < -0.39 is 0 Å². The van der Waals surface area contributed by atoms with Crippen LogP contribution in [0.3, 0.4) is 0 Å². The van der Waals surface area contributed by atoms with Crippen molar-refractivity contribution in [3.63, 3.8) is 0 Å². The predicted molar refractivity (Wildman–Crippen MR) is 158 cm³/mol. The third-order valence-corrected chi connectivity index (χ3v) is 6.69. The van der Waals surface area contributed by atoms with Crippen LogP contribution in [0.2, 0.25) is 0 Å². The molecule has 0 bridgehead atoms. The number of aryl methyl sites for hydroxylation is 1. The summed E-state index contributed by atoms with van der Waals surface area (Å²) in [6.07, 6.45) is 2.61. The van der Waals surface area contributed by atoms with Crippen molar-refractivity contribution >= 4 is 17.1 Å². The Morgan fingerprint density at radius 3 is 2.46 bits per heavy atom. The molecule has 7 nitrogen and oxygen atoms in total. The summed E-state index contributed by atoms with van der Waals surface area (Å²) in [5, 5.41) is 5.16. The number of ether oxygens (including phenoxy) is 3. The summed E-state index contributed by atoms with van der Waals surface area (Å²) in [7, 11) is 1.67. The second-order valence-corrected chi connectivity index (χ2v) is 9.85. The molecule has 0 amide bonds. The molecule has 1 atom stereocenters. The standard InChI is InChI=1S/C32H37N3O4/c1-8-22(6)39-28-15-14-23(17-30(28)38-9-2)19-33-35-31(34-27-13-11-10-12-24(27)32(35)36)26-18-25(20(3)4)29(37-7)16-21(26)5/h10-20,22H,8-9H2,1-7H3/t22-/m1/s1. The average molecular weight is 528 g/mol. The van der Waals surface area contributed by atoms with E-state index in [9.17, 15) is 4.79 Å². The van der Waals surface area contributed by atoms with Gasteiger partial charge in [0.2, 0.25) is 0 Å². The number of aromatic nitrogens is 2. The van der Waals surface area contributed by atoms with Crippen LogP contribution >= 0.6 is 0 Å². The lowest BCUT2D eigenvalue weighted by molar-refractivity contribution is 0.203. The van der Waals surface area contributed by atoms with Gasteiger partial charge in [0, 0.05) is 5.56 Å². The van der Waals surface area contributed by atoms with Gasteiger partial charge in [0.1, 0.15) is 5.75 Å². The molecule has 4 aromatic rings. The molecular weight excluding hydrogens is 490 g/mol. The Morgan fingerprint density at radius 2 is 1.77 bits per heavy atom. The normalized spacial score (nSPS) is 12.3. The fourth-order valence-electron chi connectivity index (χ4n) is 4.37. The molecule has 0 fully saturated rings. The molecule has 0 aliphatic heterocycles. The van der Waals surface area contributed by atoms with Crippen molar-refractivity contribution in [2.75, 3.05) is 13.7 Å². The zero-order chi connectivity index (χ0) is 28.1. The summed E-state index contributed by atoms with van der Waals surface area (Å²) in [6, 6.07) is 17.0. The SMILES string of the molecule is CCOc1cc(C=Nn2c(-c3cc(C(C)C)c(OC)cc3C)nc3ccccc3c2=O)ccc1O[C@H](C)CC. The first-order valence-corrected chi connectivity index (χ1v) is 13.5. The van der Waals surface area contributed by atoms with E-state index in [4.69, 9.17) is 19.2 Å². The maximum absolute atomic E-state index is 13.7. The van der Waals surface area contributed by atoms with Gasteiger partial charge >= 0.3 is 0 Å². The minimum absolute atomic E-state index is 0.0667. The summed E-state index contributed by atoms with van der Waals surface area (Å²) >= 11 is 0. The van der Waals surface area contributed by atoms with Gasteiger partial charge in [-0.1, -0.05) is 32.9 Å². The van der Waals surface area contributed by atoms with E-state index in [0.29, 0.717) is 34.8 Å². The van der Waals surface area contributed by atoms with Crippen LogP contribution in [0.5, 0.6) is 17.2 Å². The van der Waals surface area contributed by atoms with Crippen molar-refractivity contribution in [1.29, 1.82) is 0 Å². The third kappa shape index (κ3) is 5.98. The van der Waals surface area contributed by atoms with Gasteiger partial charge in [-0.25, -0.2) is 4.98 Å². The van der Waals surface area contributed by atoms with Gasteiger partial charge in [-0.05, 0) is 92.3 Å². The van der Waals surface area contributed by atoms with Crippen LogP contribution in [0.25, 0.3) is 22.3 Å². The highest BCUT2D eigenvalue weighted by Crippen LogP contribution is 2.34. The lowest BCUT2D eigenvalue weighted by Gasteiger charge is -2.17. The van der Waals surface area contributed by atoms with Crippen molar-refractivity contribution in [3.05, 3.63) is 81.6 Å². The van der Waals surface area contributed by atoms with Crippen molar-refractivity contribution in [3.8, 4) is 28.6 Å². The van der Waals surface area contributed by atoms with Crippen LogP contribution < -0.4 is 19.8 Å². The summed E-state index contributed by atoms with van der Waals surface area (Å²) in [5.74, 6) is 2.82. The lowest BCUT2D eigenvalue weighted by atomic mass is 9.96. The highest BCUT2D eigenvalue weighted by Gasteiger charge is 2.18. The van der Waals surface area contributed by atoms with Crippen LogP contribution in [-0.2, 0) is 0 Å². The predicted octanol–water partition coefficient (Wildman–Crippen LogP) is 6.96. The molecular formula is C32H37N3O4. The lowest BCUT2D eigenvalue weighted by Crippen LogP contribution is -2.20. The number of fused-ring (bicyclic) bond motifs is 1. The van der Waals surface area contributed by atoms with Gasteiger partial charge in [0.15, 0.2) is 17.3 Å². The Balaban J connectivity index is 1.88. The quantitative estimate of drug-likeness (QED) is 0.208. The van der Waals surface area contributed by atoms with Crippen LogP contribution in [0.15, 0.2) is 64.5 Å². The zero-order valence-corrected chi connectivity index (χ0v) is 23.8. The van der Waals surface area contributed by atoms with E-state index in [1.165, 1.54) is 4.68 Å². The van der Waals surface area contributed by atoms with Crippen molar-refractivity contribution < 1.29 is 14.2 Å². The molecule has 1 heterocycles. The number of benzene rings is 3. The molecule has 3 aromatic carbocycles. The molecule has 204 valence electrons. The number of rotatable bonds is 10. The van der Waals surface area contributed by atoms with Crippen LogP contribution in [-0.4, -0.2) is 35.7 Å². The second-order valence-electron chi connectivity index (χ2n) is 9.85. The molecule has 0 unspecified atom stereocenters. The Bertz CT molecular complexity index is 1560. The fourth-order valence-corrected chi connectivity index (χ4v) is 4.37. The highest BCUT2D eigenvalue weighted by molar-refractivity contribution is 5.83. The molecule has 0 radical (unpaired) electrons. The molecule has 0 aliphatic carbocycles. The van der Waals surface area contributed by atoms with Crippen LogP contribution in [0.4, 0.5) is 0 Å². The first-order valence-electron chi connectivity index (χ1n) is 13.5. The summed E-state index contributed by atoms with van der Waals surface area (Å²) in [4.78, 5) is 18.6. The first-order chi connectivity index (χ1) is 18.8. The molecule has 0 N–H and O–H groups in total. The summed E-state index contributed by atoms with van der Waals surface area (Å²) in [5.41, 5.74) is 3.95. The van der Waals surface area contributed by atoms with E-state index in [1.54, 1.807) is 19.4 Å². The number of methoxy groups -OCH3 is 1. The van der Waals surface area contributed by atoms with Gasteiger partial charge in [-0.15, -0.1) is 0 Å². The Kier molecular flexibility index (Phi) is 8.69.